The molecule has 0 bridgehead atoms. The maximum Gasteiger partial charge on any atom is 0.250 e. The SMILES string of the molecule is O=S(=O)(NCCNc1ncnc2sccc12)c1cccs1. The summed E-state index contributed by atoms with van der Waals surface area (Å²) < 4.78 is 26.7. The van der Waals surface area contributed by atoms with Crippen molar-refractivity contribution in [3.05, 3.63) is 35.3 Å². The first kappa shape index (κ1) is 14.4. The molecule has 0 unspecified atom stereocenters. The molecule has 3 aromatic heterocycles. The number of rotatable bonds is 6. The normalized spacial score (nSPS) is 11.8. The molecule has 3 aromatic rings. The standard InChI is InChI=1S/C12H12N4O2S3/c17-21(18,10-2-1-6-19-10)16-5-4-13-11-9-3-7-20-12(9)15-8-14-11/h1-3,6-8,16H,4-5H2,(H,13,14,15). The van der Waals surface area contributed by atoms with Crippen LogP contribution in [-0.2, 0) is 10.0 Å². The Morgan fingerprint density at radius 2 is 2.00 bits per heavy atom. The summed E-state index contributed by atoms with van der Waals surface area (Å²) in [5.41, 5.74) is 0. The molecule has 0 aliphatic rings. The topological polar surface area (TPSA) is 84.0 Å². The number of fused-ring (bicyclic) bond motifs is 1. The average molecular weight is 340 g/mol. The van der Waals surface area contributed by atoms with E-state index >= 15 is 0 Å². The van der Waals surface area contributed by atoms with E-state index in [1.54, 1.807) is 28.8 Å². The predicted molar refractivity (Wildman–Crippen MR) is 85.4 cm³/mol. The van der Waals surface area contributed by atoms with E-state index in [4.69, 9.17) is 0 Å². The zero-order valence-corrected chi connectivity index (χ0v) is 13.3. The molecule has 21 heavy (non-hydrogen) atoms. The maximum absolute atomic E-state index is 11.9. The van der Waals surface area contributed by atoms with Gasteiger partial charge in [-0.05, 0) is 22.9 Å². The fourth-order valence-electron chi connectivity index (χ4n) is 1.78. The second kappa shape index (κ2) is 6.06. The molecule has 0 spiro atoms. The van der Waals surface area contributed by atoms with Crippen molar-refractivity contribution in [2.75, 3.05) is 18.4 Å². The van der Waals surface area contributed by atoms with Crippen LogP contribution in [0.4, 0.5) is 5.82 Å². The van der Waals surface area contributed by atoms with Gasteiger partial charge in [-0.25, -0.2) is 23.1 Å². The van der Waals surface area contributed by atoms with Crippen LogP contribution in [0, 0.1) is 0 Å². The van der Waals surface area contributed by atoms with Crippen LogP contribution in [0.5, 0.6) is 0 Å². The van der Waals surface area contributed by atoms with Gasteiger partial charge >= 0.3 is 0 Å². The molecule has 3 heterocycles. The molecular weight excluding hydrogens is 328 g/mol. The van der Waals surface area contributed by atoms with Crippen molar-refractivity contribution in [1.82, 2.24) is 14.7 Å². The van der Waals surface area contributed by atoms with Gasteiger partial charge in [-0.2, -0.15) is 0 Å². The highest BCUT2D eigenvalue weighted by Gasteiger charge is 2.13. The Labute approximate surface area is 129 Å². The van der Waals surface area contributed by atoms with E-state index in [0.29, 0.717) is 10.8 Å². The predicted octanol–water partition coefficient (Wildman–Crippen LogP) is 2.14. The third kappa shape index (κ3) is 3.21. The summed E-state index contributed by atoms with van der Waals surface area (Å²) in [5, 5.41) is 7.76. The van der Waals surface area contributed by atoms with Crippen molar-refractivity contribution < 1.29 is 8.42 Å². The highest BCUT2D eigenvalue weighted by molar-refractivity contribution is 7.91. The lowest BCUT2D eigenvalue weighted by Crippen LogP contribution is -2.28. The van der Waals surface area contributed by atoms with Gasteiger partial charge in [0.1, 0.15) is 21.2 Å². The highest BCUT2D eigenvalue weighted by Crippen LogP contribution is 2.23. The second-order valence-electron chi connectivity index (χ2n) is 4.12. The van der Waals surface area contributed by atoms with Gasteiger partial charge in [-0.15, -0.1) is 22.7 Å². The van der Waals surface area contributed by atoms with Crippen molar-refractivity contribution in [3.8, 4) is 0 Å². The van der Waals surface area contributed by atoms with Crippen molar-refractivity contribution >= 4 is 48.7 Å². The second-order valence-corrected chi connectivity index (χ2v) is 7.95. The van der Waals surface area contributed by atoms with Crippen LogP contribution in [0.1, 0.15) is 0 Å². The fraction of sp³-hybridized carbons (Fsp3) is 0.167. The Balaban J connectivity index is 1.59. The fourth-order valence-corrected chi connectivity index (χ4v) is 4.59. The van der Waals surface area contributed by atoms with E-state index in [2.05, 4.69) is 20.0 Å². The van der Waals surface area contributed by atoms with Gasteiger partial charge in [-0.1, -0.05) is 6.07 Å². The zero-order chi connectivity index (χ0) is 14.7. The van der Waals surface area contributed by atoms with Gasteiger partial charge in [0.15, 0.2) is 0 Å². The molecule has 0 radical (unpaired) electrons. The van der Waals surface area contributed by atoms with E-state index in [0.717, 1.165) is 16.0 Å². The third-order valence-electron chi connectivity index (χ3n) is 2.73. The molecule has 6 nitrogen and oxygen atoms in total. The van der Waals surface area contributed by atoms with Crippen LogP contribution in [0.25, 0.3) is 10.2 Å². The summed E-state index contributed by atoms with van der Waals surface area (Å²) in [7, 11) is -3.41. The van der Waals surface area contributed by atoms with Crippen molar-refractivity contribution in [1.29, 1.82) is 0 Å². The number of hydrogen-bond acceptors (Lipinski definition) is 7. The van der Waals surface area contributed by atoms with E-state index in [9.17, 15) is 8.42 Å². The average Bonchev–Trinajstić information content (AvgIpc) is 3.14. The molecule has 2 N–H and O–H groups in total. The lowest BCUT2D eigenvalue weighted by atomic mass is 10.4. The lowest BCUT2D eigenvalue weighted by molar-refractivity contribution is 0.585. The summed E-state index contributed by atoms with van der Waals surface area (Å²) >= 11 is 2.74. The summed E-state index contributed by atoms with van der Waals surface area (Å²) in [5.74, 6) is 0.719. The molecule has 0 amide bonds. The number of sulfonamides is 1. The quantitative estimate of drug-likeness (QED) is 0.672. The van der Waals surface area contributed by atoms with Gasteiger partial charge in [0.2, 0.25) is 10.0 Å². The zero-order valence-electron chi connectivity index (χ0n) is 10.8. The largest absolute Gasteiger partial charge is 0.368 e. The van der Waals surface area contributed by atoms with Gasteiger partial charge in [0.25, 0.3) is 0 Å². The van der Waals surface area contributed by atoms with Gasteiger partial charge in [-0.3, -0.25) is 0 Å². The van der Waals surface area contributed by atoms with Crippen LogP contribution >= 0.6 is 22.7 Å². The first-order valence-corrected chi connectivity index (χ1v) is 9.36. The Kier molecular flexibility index (Phi) is 4.15. The third-order valence-corrected chi connectivity index (χ3v) is 6.41. The summed E-state index contributed by atoms with van der Waals surface area (Å²) in [6.45, 7) is 0.739. The molecule has 0 aromatic carbocycles. The summed E-state index contributed by atoms with van der Waals surface area (Å²) in [6, 6.07) is 5.24. The number of anilines is 1. The molecule has 0 aliphatic heterocycles. The van der Waals surface area contributed by atoms with Crippen molar-refractivity contribution in [3.63, 3.8) is 0 Å². The van der Waals surface area contributed by atoms with Crippen molar-refractivity contribution in [2.45, 2.75) is 4.21 Å². The van der Waals surface area contributed by atoms with E-state index in [1.807, 2.05) is 11.4 Å². The summed E-state index contributed by atoms with van der Waals surface area (Å²) in [4.78, 5) is 9.24. The van der Waals surface area contributed by atoms with Crippen LogP contribution < -0.4 is 10.0 Å². The Bertz CT molecular complexity index is 827. The molecule has 0 saturated heterocycles. The molecule has 9 heteroatoms. The minimum absolute atomic E-state index is 0.288. The Morgan fingerprint density at radius 3 is 2.81 bits per heavy atom. The van der Waals surface area contributed by atoms with Crippen LogP contribution in [0.2, 0.25) is 0 Å². The van der Waals surface area contributed by atoms with Crippen LogP contribution in [-0.4, -0.2) is 31.5 Å². The number of nitrogens with one attached hydrogen (secondary N) is 2. The number of aromatic nitrogens is 2. The van der Waals surface area contributed by atoms with E-state index in [1.165, 1.54) is 17.7 Å². The lowest BCUT2D eigenvalue weighted by Gasteiger charge is -2.07. The number of thiophene rings is 2. The molecular formula is C12H12N4O2S3. The molecule has 110 valence electrons. The van der Waals surface area contributed by atoms with Gasteiger partial charge < -0.3 is 5.32 Å². The van der Waals surface area contributed by atoms with Crippen molar-refractivity contribution in [2.24, 2.45) is 0 Å². The molecule has 3 rings (SSSR count). The molecule has 0 aliphatic carbocycles. The minimum Gasteiger partial charge on any atom is -0.368 e. The van der Waals surface area contributed by atoms with E-state index < -0.39 is 10.0 Å². The van der Waals surface area contributed by atoms with E-state index in [-0.39, 0.29) is 6.54 Å². The molecule has 0 saturated carbocycles. The Hall–Kier alpha value is -1.55. The smallest absolute Gasteiger partial charge is 0.250 e. The molecule has 0 fully saturated rings. The number of hydrogen-bond donors (Lipinski definition) is 2. The monoisotopic (exact) mass is 340 g/mol. The minimum atomic E-state index is -3.41. The van der Waals surface area contributed by atoms with Gasteiger partial charge in [0, 0.05) is 13.1 Å². The van der Waals surface area contributed by atoms with Crippen LogP contribution in [0.3, 0.4) is 0 Å². The Morgan fingerprint density at radius 1 is 1.10 bits per heavy atom. The first-order chi connectivity index (χ1) is 10.2. The number of nitrogens with zero attached hydrogens (tertiary/aromatic N) is 2. The first-order valence-electron chi connectivity index (χ1n) is 6.12. The highest BCUT2D eigenvalue weighted by atomic mass is 32.2. The van der Waals surface area contributed by atoms with Gasteiger partial charge in [0.05, 0.1) is 5.39 Å². The van der Waals surface area contributed by atoms with Crippen LogP contribution in [0.15, 0.2) is 39.5 Å². The maximum atomic E-state index is 11.9. The molecule has 0 atom stereocenters. The summed E-state index contributed by atoms with van der Waals surface area (Å²) in [6.07, 6.45) is 1.50.